The van der Waals surface area contributed by atoms with Crippen molar-refractivity contribution in [1.82, 2.24) is 5.32 Å². The highest BCUT2D eigenvalue weighted by Crippen LogP contribution is 2.15. The van der Waals surface area contributed by atoms with Crippen LogP contribution in [0.15, 0.2) is 53.3 Å². The molecule has 5 heteroatoms. The molecule has 1 N–H and O–H groups in total. The first kappa shape index (κ1) is 15.8. The Morgan fingerprint density at radius 2 is 1.95 bits per heavy atom. The standard InChI is InChI=1S/C17H19NO4/c1-12(18-16(19)14-8-9-22-11-14)15(17(20)21-2)10-13-6-4-3-5-7-13/h3-9,11-12,15H,10H2,1-2H3,(H,18,19)/t12-,15-/m1/s1. The van der Waals surface area contributed by atoms with Crippen LogP contribution in [-0.2, 0) is 16.0 Å². The zero-order valence-electron chi connectivity index (χ0n) is 12.6. The van der Waals surface area contributed by atoms with Crippen LogP contribution in [0.1, 0.15) is 22.8 Å². The Morgan fingerprint density at radius 3 is 2.55 bits per heavy atom. The third-order valence-corrected chi connectivity index (χ3v) is 3.55. The van der Waals surface area contributed by atoms with Gasteiger partial charge in [0.25, 0.3) is 5.91 Å². The van der Waals surface area contributed by atoms with Gasteiger partial charge >= 0.3 is 5.97 Å². The van der Waals surface area contributed by atoms with Crippen LogP contribution in [0.2, 0.25) is 0 Å². The Labute approximate surface area is 129 Å². The van der Waals surface area contributed by atoms with Gasteiger partial charge in [-0.05, 0) is 25.0 Å². The highest BCUT2D eigenvalue weighted by molar-refractivity contribution is 5.94. The van der Waals surface area contributed by atoms with E-state index in [4.69, 9.17) is 9.15 Å². The predicted octanol–water partition coefficient (Wildman–Crippen LogP) is 2.43. The minimum absolute atomic E-state index is 0.275. The average Bonchev–Trinajstić information content (AvgIpc) is 3.07. The van der Waals surface area contributed by atoms with E-state index in [2.05, 4.69) is 5.32 Å². The summed E-state index contributed by atoms with van der Waals surface area (Å²) in [6, 6.07) is 10.8. The average molecular weight is 301 g/mol. The zero-order chi connectivity index (χ0) is 15.9. The Bertz CT molecular complexity index is 607. The first-order valence-corrected chi connectivity index (χ1v) is 7.06. The second kappa shape index (κ2) is 7.45. The summed E-state index contributed by atoms with van der Waals surface area (Å²) in [4.78, 5) is 24.1. The van der Waals surface area contributed by atoms with E-state index in [1.165, 1.54) is 19.6 Å². The smallest absolute Gasteiger partial charge is 0.311 e. The third kappa shape index (κ3) is 3.97. The van der Waals surface area contributed by atoms with Gasteiger partial charge in [-0.25, -0.2) is 0 Å². The molecule has 0 aliphatic heterocycles. The molecule has 1 amide bonds. The van der Waals surface area contributed by atoms with Crippen molar-refractivity contribution in [2.75, 3.05) is 7.11 Å². The molecule has 0 spiro atoms. The maximum Gasteiger partial charge on any atom is 0.311 e. The number of amides is 1. The molecular weight excluding hydrogens is 282 g/mol. The van der Waals surface area contributed by atoms with Crippen LogP contribution < -0.4 is 5.32 Å². The number of furan rings is 1. The van der Waals surface area contributed by atoms with Crippen LogP contribution in [0, 0.1) is 5.92 Å². The van der Waals surface area contributed by atoms with Crippen molar-refractivity contribution in [3.8, 4) is 0 Å². The number of hydrogen-bond acceptors (Lipinski definition) is 4. The quantitative estimate of drug-likeness (QED) is 0.832. The summed E-state index contributed by atoms with van der Waals surface area (Å²) in [6.45, 7) is 1.79. The lowest BCUT2D eigenvalue weighted by atomic mass is 9.93. The van der Waals surface area contributed by atoms with E-state index in [1.54, 1.807) is 13.0 Å². The molecule has 0 fully saturated rings. The van der Waals surface area contributed by atoms with Gasteiger partial charge < -0.3 is 14.5 Å². The number of hydrogen-bond donors (Lipinski definition) is 1. The number of nitrogens with one attached hydrogen (secondary N) is 1. The predicted molar refractivity (Wildman–Crippen MR) is 81.3 cm³/mol. The molecular formula is C17H19NO4. The monoisotopic (exact) mass is 301 g/mol. The molecule has 0 aliphatic rings. The SMILES string of the molecule is COC(=O)[C@H](Cc1ccccc1)[C@@H](C)NC(=O)c1ccoc1. The van der Waals surface area contributed by atoms with Gasteiger partial charge in [-0.15, -0.1) is 0 Å². The van der Waals surface area contributed by atoms with Crippen LogP contribution in [0.4, 0.5) is 0 Å². The summed E-state index contributed by atoms with van der Waals surface area (Å²) in [6.07, 6.45) is 3.30. The van der Waals surface area contributed by atoms with Gasteiger partial charge in [-0.2, -0.15) is 0 Å². The maximum absolute atomic E-state index is 12.1. The topological polar surface area (TPSA) is 68.5 Å². The Morgan fingerprint density at radius 1 is 1.23 bits per heavy atom. The van der Waals surface area contributed by atoms with E-state index in [0.717, 1.165) is 5.56 Å². The molecule has 1 aromatic heterocycles. The minimum Gasteiger partial charge on any atom is -0.472 e. The number of benzene rings is 1. The van der Waals surface area contributed by atoms with Crippen LogP contribution in [0.3, 0.4) is 0 Å². The molecule has 22 heavy (non-hydrogen) atoms. The summed E-state index contributed by atoms with van der Waals surface area (Å²) in [7, 11) is 1.35. The highest BCUT2D eigenvalue weighted by atomic mass is 16.5. The third-order valence-electron chi connectivity index (χ3n) is 3.55. The summed E-state index contributed by atoms with van der Waals surface area (Å²) in [5.74, 6) is -1.07. The first-order chi connectivity index (χ1) is 10.6. The molecule has 0 unspecified atom stereocenters. The lowest BCUT2D eigenvalue weighted by Crippen LogP contribution is -2.42. The molecule has 116 valence electrons. The number of esters is 1. The van der Waals surface area contributed by atoms with Crippen LogP contribution >= 0.6 is 0 Å². The highest BCUT2D eigenvalue weighted by Gasteiger charge is 2.28. The Hall–Kier alpha value is -2.56. The molecule has 0 saturated heterocycles. The molecule has 0 bridgehead atoms. The van der Waals surface area contributed by atoms with E-state index >= 15 is 0 Å². The molecule has 1 heterocycles. The second-order valence-electron chi connectivity index (χ2n) is 5.09. The summed E-state index contributed by atoms with van der Waals surface area (Å²) in [5.41, 5.74) is 1.44. The van der Waals surface area contributed by atoms with Gasteiger partial charge in [0.15, 0.2) is 0 Å². The van der Waals surface area contributed by atoms with Crippen molar-refractivity contribution in [3.05, 3.63) is 60.1 Å². The molecule has 0 radical (unpaired) electrons. The van der Waals surface area contributed by atoms with Crippen molar-refractivity contribution in [2.45, 2.75) is 19.4 Å². The van der Waals surface area contributed by atoms with Crippen LogP contribution in [0.25, 0.3) is 0 Å². The fourth-order valence-corrected chi connectivity index (χ4v) is 2.27. The molecule has 5 nitrogen and oxygen atoms in total. The zero-order valence-corrected chi connectivity index (χ0v) is 12.6. The summed E-state index contributed by atoms with van der Waals surface area (Å²) < 4.78 is 9.76. The van der Waals surface area contributed by atoms with E-state index in [0.29, 0.717) is 12.0 Å². The largest absolute Gasteiger partial charge is 0.472 e. The van der Waals surface area contributed by atoms with Crippen molar-refractivity contribution in [1.29, 1.82) is 0 Å². The molecule has 0 aliphatic carbocycles. The van der Waals surface area contributed by atoms with Gasteiger partial charge in [0.2, 0.25) is 0 Å². The molecule has 2 atom stereocenters. The molecule has 0 saturated carbocycles. The van der Waals surface area contributed by atoms with Crippen molar-refractivity contribution in [3.63, 3.8) is 0 Å². The van der Waals surface area contributed by atoms with Gasteiger partial charge in [-0.3, -0.25) is 9.59 Å². The lowest BCUT2D eigenvalue weighted by Gasteiger charge is -2.22. The van der Waals surface area contributed by atoms with E-state index in [-0.39, 0.29) is 17.9 Å². The van der Waals surface area contributed by atoms with Gasteiger partial charge in [-0.1, -0.05) is 30.3 Å². The van der Waals surface area contributed by atoms with Crippen LogP contribution in [0.5, 0.6) is 0 Å². The van der Waals surface area contributed by atoms with E-state index < -0.39 is 5.92 Å². The second-order valence-corrected chi connectivity index (χ2v) is 5.09. The van der Waals surface area contributed by atoms with E-state index in [1.807, 2.05) is 30.3 Å². The van der Waals surface area contributed by atoms with Gasteiger partial charge in [0.1, 0.15) is 6.26 Å². The Balaban J connectivity index is 2.07. The molecule has 2 rings (SSSR count). The number of carbonyl (C=O) groups excluding carboxylic acids is 2. The summed E-state index contributed by atoms with van der Waals surface area (Å²) in [5, 5.41) is 2.82. The maximum atomic E-state index is 12.1. The normalized spacial score (nSPS) is 13.2. The number of ether oxygens (including phenoxy) is 1. The summed E-state index contributed by atoms with van der Waals surface area (Å²) >= 11 is 0. The van der Waals surface area contributed by atoms with Crippen molar-refractivity contribution >= 4 is 11.9 Å². The lowest BCUT2D eigenvalue weighted by molar-refractivity contribution is -0.146. The molecule has 1 aromatic carbocycles. The molecule has 2 aromatic rings. The Kier molecular flexibility index (Phi) is 5.36. The van der Waals surface area contributed by atoms with Gasteiger partial charge in [0, 0.05) is 6.04 Å². The van der Waals surface area contributed by atoms with E-state index in [9.17, 15) is 9.59 Å². The number of rotatable bonds is 6. The number of carbonyl (C=O) groups is 2. The minimum atomic E-state index is -0.455. The fourth-order valence-electron chi connectivity index (χ4n) is 2.27. The first-order valence-electron chi connectivity index (χ1n) is 7.06. The van der Waals surface area contributed by atoms with Gasteiger partial charge in [0.05, 0.1) is 24.9 Å². The fraction of sp³-hybridized carbons (Fsp3) is 0.294. The number of methoxy groups -OCH3 is 1. The van der Waals surface area contributed by atoms with Crippen molar-refractivity contribution in [2.24, 2.45) is 5.92 Å². The van der Waals surface area contributed by atoms with Crippen LogP contribution in [-0.4, -0.2) is 25.0 Å². The van der Waals surface area contributed by atoms with Crippen molar-refractivity contribution < 1.29 is 18.7 Å².